The second-order valence-electron chi connectivity index (χ2n) is 4.85. The Morgan fingerprint density at radius 1 is 1.33 bits per heavy atom. The van der Waals surface area contributed by atoms with Crippen molar-refractivity contribution in [3.05, 3.63) is 18.3 Å². The van der Waals surface area contributed by atoms with Crippen molar-refractivity contribution in [1.29, 1.82) is 0 Å². The lowest BCUT2D eigenvalue weighted by Gasteiger charge is -2.23. The predicted molar refractivity (Wildman–Crippen MR) is 75.8 cm³/mol. The lowest BCUT2D eigenvalue weighted by atomic mass is 10.2. The van der Waals surface area contributed by atoms with Crippen LogP contribution in [-0.2, 0) is 9.84 Å². The molecule has 0 saturated heterocycles. The largest absolute Gasteiger partial charge is 0.383 e. The second kappa shape index (κ2) is 5.56. The molecule has 0 aliphatic rings. The maximum Gasteiger partial charge on any atom is 0.154 e. The molecule has 18 heavy (non-hydrogen) atoms. The summed E-state index contributed by atoms with van der Waals surface area (Å²) in [6.07, 6.45) is 2.94. The van der Waals surface area contributed by atoms with Gasteiger partial charge < -0.3 is 10.6 Å². The highest BCUT2D eigenvalue weighted by Gasteiger charge is 2.29. The van der Waals surface area contributed by atoms with Gasteiger partial charge in [0.1, 0.15) is 5.82 Å². The lowest BCUT2D eigenvalue weighted by molar-refractivity contribution is 0.560. The number of hydrogen-bond donors (Lipinski definition) is 2. The van der Waals surface area contributed by atoms with Crippen molar-refractivity contribution in [3.8, 4) is 0 Å². The Hall–Kier alpha value is -1.30. The molecule has 0 unspecified atom stereocenters. The first-order valence-corrected chi connectivity index (χ1v) is 7.79. The molecule has 1 rings (SSSR count). The van der Waals surface area contributed by atoms with Gasteiger partial charge in [-0.05, 0) is 26.8 Å². The number of nitrogens with zero attached hydrogens (tertiary/aromatic N) is 1. The number of aromatic nitrogens is 1. The molecule has 0 spiro atoms. The molecule has 6 heteroatoms. The molecular weight excluding hydrogens is 250 g/mol. The molecule has 0 saturated carbocycles. The lowest BCUT2D eigenvalue weighted by Crippen LogP contribution is -2.38. The quantitative estimate of drug-likeness (QED) is 0.825. The highest BCUT2D eigenvalue weighted by Crippen LogP contribution is 2.18. The molecule has 0 atom stereocenters. The Bertz CT molecular complexity index is 498. The van der Waals surface area contributed by atoms with Crippen molar-refractivity contribution in [2.75, 3.05) is 30.0 Å². The van der Waals surface area contributed by atoms with E-state index >= 15 is 0 Å². The van der Waals surface area contributed by atoms with Crippen LogP contribution in [0.25, 0.3) is 0 Å². The van der Waals surface area contributed by atoms with E-state index in [1.54, 1.807) is 20.0 Å². The molecule has 0 aliphatic carbocycles. The Labute approximate surface area is 109 Å². The molecule has 0 aliphatic heterocycles. The van der Waals surface area contributed by atoms with E-state index in [0.29, 0.717) is 6.54 Å². The molecule has 1 heterocycles. The van der Waals surface area contributed by atoms with E-state index < -0.39 is 14.6 Å². The van der Waals surface area contributed by atoms with E-state index in [4.69, 9.17) is 0 Å². The van der Waals surface area contributed by atoms with Gasteiger partial charge in [0.15, 0.2) is 9.84 Å². The van der Waals surface area contributed by atoms with E-state index in [1.165, 1.54) is 6.26 Å². The van der Waals surface area contributed by atoms with Crippen molar-refractivity contribution < 1.29 is 8.42 Å². The van der Waals surface area contributed by atoms with Gasteiger partial charge in [-0.3, -0.25) is 0 Å². The average molecular weight is 271 g/mol. The number of sulfone groups is 1. The van der Waals surface area contributed by atoms with Gasteiger partial charge in [0.05, 0.1) is 4.75 Å². The fraction of sp³-hybridized carbons (Fsp3) is 0.583. The van der Waals surface area contributed by atoms with Crippen molar-refractivity contribution in [1.82, 2.24) is 4.98 Å². The summed E-state index contributed by atoms with van der Waals surface area (Å²) in [6, 6.07) is 3.68. The van der Waals surface area contributed by atoms with Gasteiger partial charge in [-0.25, -0.2) is 13.4 Å². The predicted octanol–water partition coefficient (Wildman–Crippen LogP) is 1.75. The van der Waals surface area contributed by atoms with E-state index in [9.17, 15) is 8.42 Å². The van der Waals surface area contributed by atoms with Gasteiger partial charge in [0.2, 0.25) is 0 Å². The first-order valence-electron chi connectivity index (χ1n) is 5.89. The summed E-state index contributed by atoms with van der Waals surface area (Å²) in [7, 11) is -3.09. The van der Waals surface area contributed by atoms with Crippen LogP contribution >= 0.6 is 0 Å². The average Bonchev–Trinajstić information content (AvgIpc) is 2.26. The molecule has 0 bridgehead atoms. The van der Waals surface area contributed by atoms with Crippen LogP contribution in [0.2, 0.25) is 0 Å². The van der Waals surface area contributed by atoms with Gasteiger partial charge >= 0.3 is 0 Å². The zero-order valence-corrected chi connectivity index (χ0v) is 12.1. The number of pyridine rings is 1. The Morgan fingerprint density at radius 3 is 2.56 bits per heavy atom. The Balaban J connectivity index is 2.72. The third-order valence-electron chi connectivity index (χ3n) is 2.84. The zero-order valence-electron chi connectivity index (χ0n) is 11.3. The van der Waals surface area contributed by atoms with Gasteiger partial charge in [0, 0.05) is 37.3 Å². The van der Waals surface area contributed by atoms with E-state index in [2.05, 4.69) is 15.6 Å². The summed E-state index contributed by atoms with van der Waals surface area (Å²) < 4.78 is 22.4. The Kier molecular flexibility index (Phi) is 4.56. The molecule has 5 nitrogen and oxygen atoms in total. The van der Waals surface area contributed by atoms with Gasteiger partial charge in [-0.15, -0.1) is 0 Å². The summed E-state index contributed by atoms with van der Waals surface area (Å²) in [5.41, 5.74) is 0.859. The third kappa shape index (κ3) is 3.87. The Morgan fingerprint density at radius 2 is 2.00 bits per heavy atom. The third-order valence-corrected chi connectivity index (χ3v) is 4.99. The molecule has 102 valence electrons. The maximum atomic E-state index is 11.6. The normalized spacial score (nSPS) is 12.2. The topological polar surface area (TPSA) is 71.1 Å². The van der Waals surface area contributed by atoms with Crippen molar-refractivity contribution in [2.24, 2.45) is 0 Å². The number of rotatable bonds is 6. The molecule has 0 amide bonds. The molecular formula is C12H21N3O2S. The van der Waals surface area contributed by atoms with Crippen LogP contribution in [0.5, 0.6) is 0 Å². The van der Waals surface area contributed by atoms with Crippen LogP contribution < -0.4 is 10.6 Å². The molecule has 1 aromatic rings. The minimum atomic E-state index is -3.09. The van der Waals surface area contributed by atoms with Crippen LogP contribution in [0, 0.1) is 0 Å². The van der Waals surface area contributed by atoms with Gasteiger partial charge in [-0.2, -0.15) is 0 Å². The summed E-state index contributed by atoms with van der Waals surface area (Å²) in [5, 5.41) is 6.24. The summed E-state index contributed by atoms with van der Waals surface area (Å²) in [6.45, 7) is 6.57. The summed E-state index contributed by atoms with van der Waals surface area (Å²) in [4.78, 5) is 4.15. The maximum absolute atomic E-state index is 11.6. The highest BCUT2D eigenvalue weighted by atomic mass is 32.2. The van der Waals surface area contributed by atoms with Crippen molar-refractivity contribution in [3.63, 3.8) is 0 Å². The van der Waals surface area contributed by atoms with E-state index in [1.807, 2.05) is 19.1 Å². The standard InChI is InChI=1S/C12H21N3O2S/c1-5-13-11-8-10(6-7-14-11)15-9-12(2,3)18(4,16)17/h6-8H,5,9H2,1-4H3,(H2,13,14,15). The van der Waals surface area contributed by atoms with Crippen LogP contribution in [-0.4, -0.2) is 37.5 Å². The van der Waals surface area contributed by atoms with E-state index in [0.717, 1.165) is 18.1 Å². The first-order chi connectivity index (χ1) is 8.26. The zero-order chi connectivity index (χ0) is 13.8. The van der Waals surface area contributed by atoms with Crippen LogP contribution in [0.3, 0.4) is 0 Å². The SMILES string of the molecule is CCNc1cc(NCC(C)(C)S(C)(=O)=O)ccn1. The molecule has 0 radical (unpaired) electrons. The van der Waals surface area contributed by atoms with Crippen LogP contribution in [0.15, 0.2) is 18.3 Å². The molecule has 0 aromatic carbocycles. The molecule has 0 fully saturated rings. The first kappa shape index (κ1) is 14.8. The summed E-state index contributed by atoms with van der Waals surface area (Å²) >= 11 is 0. The minimum Gasteiger partial charge on any atom is -0.383 e. The summed E-state index contributed by atoms with van der Waals surface area (Å²) in [5.74, 6) is 0.777. The monoisotopic (exact) mass is 271 g/mol. The smallest absolute Gasteiger partial charge is 0.154 e. The van der Waals surface area contributed by atoms with E-state index in [-0.39, 0.29) is 0 Å². The fourth-order valence-corrected chi connectivity index (χ4v) is 1.60. The number of anilines is 2. The van der Waals surface area contributed by atoms with Crippen LogP contribution in [0.1, 0.15) is 20.8 Å². The highest BCUT2D eigenvalue weighted by molar-refractivity contribution is 7.92. The van der Waals surface area contributed by atoms with Gasteiger partial charge in [0.25, 0.3) is 0 Å². The molecule has 2 N–H and O–H groups in total. The van der Waals surface area contributed by atoms with Crippen molar-refractivity contribution >= 4 is 21.3 Å². The fourth-order valence-electron chi connectivity index (χ4n) is 1.26. The van der Waals surface area contributed by atoms with Crippen molar-refractivity contribution in [2.45, 2.75) is 25.5 Å². The second-order valence-corrected chi connectivity index (χ2v) is 7.50. The number of nitrogens with one attached hydrogen (secondary N) is 2. The van der Waals surface area contributed by atoms with Crippen LogP contribution in [0.4, 0.5) is 11.5 Å². The van der Waals surface area contributed by atoms with Gasteiger partial charge in [-0.1, -0.05) is 0 Å². The minimum absolute atomic E-state index is 0.363. The number of hydrogen-bond acceptors (Lipinski definition) is 5. The molecule has 1 aromatic heterocycles.